The molecule has 1 aromatic carbocycles. The molecule has 1 atom stereocenters. The van der Waals surface area contributed by atoms with Crippen molar-refractivity contribution in [2.24, 2.45) is 18.9 Å². The number of nitrogens with zero attached hydrogens (tertiary/aromatic N) is 9. The van der Waals surface area contributed by atoms with Crippen molar-refractivity contribution in [3.05, 3.63) is 53.5 Å². The molecule has 3 N–H and O–H groups in total. The molecule has 7 heterocycles. The summed E-state index contributed by atoms with van der Waals surface area (Å²) >= 11 is 0. The van der Waals surface area contributed by atoms with E-state index in [9.17, 15) is 24.0 Å². The summed E-state index contributed by atoms with van der Waals surface area (Å²) in [4.78, 5) is 83.9. The Morgan fingerprint density at radius 2 is 1.50 bits per heavy atom. The maximum absolute atomic E-state index is 13.4. The van der Waals surface area contributed by atoms with E-state index in [1.165, 1.54) is 25.6 Å². The van der Waals surface area contributed by atoms with E-state index in [-0.39, 0.29) is 31.4 Å². The molecule has 1 aliphatic carbocycles. The Morgan fingerprint density at radius 1 is 0.812 bits per heavy atom. The number of aromatic nitrogens is 4. The van der Waals surface area contributed by atoms with Gasteiger partial charge in [0.05, 0.1) is 29.6 Å². The van der Waals surface area contributed by atoms with Crippen molar-refractivity contribution in [3.8, 4) is 0 Å². The summed E-state index contributed by atoms with van der Waals surface area (Å²) in [6.07, 6.45) is 14.2. The second kappa shape index (κ2) is 19.3. The Morgan fingerprint density at radius 3 is 2.17 bits per heavy atom. The van der Waals surface area contributed by atoms with Gasteiger partial charge in [-0.05, 0) is 108 Å². The van der Waals surface area contributed by atoms with Crippen molar-refractivity contribution in [3.63, 3.8) is 0 Å². The van der Waals surface area contributed by atoms with Crippen LogP contribution in [0.5, 0.6) is 0 Å². The van der Waals surface area contributed by atoms with Crippen molar-refractivity contribution in [2.75, 3.05) is 87.6 Å². The highest BCUT2D eigenvalue weighted by molar-refractivity contribution is 6.23. The van der Waals surface area contributed by atoms with Gasteiger partial charge in [-0.1, -0.05) is 0 Å². The first kappa shape index (κ1) is 43.8. The molecule has 5 fully saturated rings. The first-order valence-electron chi connectivity index (χ1n) is 23.4. The molecule has 6 aliphatic rings. The number of benzene rings is 1. The zero-order chi connectivity index (χ0) is 44.3. The molecule has 0 spiro atoms. The number of imide groups is 2. The second-order valence-corrected chi connectivity index (χ2v) is 18.5. The average molecular weight is 879 g/mol. The van der Waals surface area contributed by atoms with Crippen LogP contribution in [0.2, 0.25) is 0 Å². The molecule has 342 valence electrons. The van der Waals surface area contributed by atoms with E-state index in [0.29, 0.717) is 40.4 Å². The fourth-order valence-electron chi connectivity index (χ4n) is 10.7. The van der Waals surface area contributed by atoms with Crippen LogP contribution in [-0.2, 0) is 21.4 Å². The van der Waals surface area contributed by atoms with Crippen LogP contribution in [0.15, 0.2) is 36.8 Å². The number of piperazine rings is 1. The predicted octanol–water partition coefficient (Wildman–Crippen LogP) is 3.50. The lowest BCUT2D eigenvalue weighted by Gasteiger charge is -2.43. The van der Waals surface area contributed by atoms with Crippen molar-refractivity contribution in [1.29, 1.82) is 0 Å². The maximum Gasteiger partial charge on any atom is 0.343 e. The number of hydrogen-bond acceptors (Lipinski definition) is 15. The van der Waals surface area contributed by atoms with Crippen LogP contribution in [0.25, 0.3) is 0 Å². The highest BCUT2D eigenvalue weighted by Gasteiger charge is 2.45. The molecular formula is C46H62N12O6. The van der Waals surface area contributed by atoms with Crippen molar-refractivity contribution in [2.45, 2.75) is 89.3 Å². The molecule has 9 rings (SSSR count). The molecule has 3 aromatic rings. The van der Waals surface area contributed by atoms with Crippen LogP contribution < -0.4 is 20.9 Å². The van der Waals surface area contributed by atoms with E-state index in [1.807, 2.05) is 25.4 Å². The Hall–Kier alpha value is -5.46. The summed E-state index contributed by atoms with van der Waals surface area (Å²) in [7, 11) is 1.85. The van der Waals surface area contributed by atoms with Crippen molar-refractivity contribution in [1.82, 2.24) is 44.7 Å². The Labute approximate surface area is 374 Å². The van der Waals surface area contributed by atoms with Crippen LogP contribution in [0, 0.1) is 11.8 Å². The first-order chi connectivity index (χ1) is 31.1. The van der Waals surface area contributed by atoms with Gasteiger partial charge in [0.2, 0.25) is 17.8 Å². The lowest BCUT2D eigenvalue weighted by molar-refractivity contribution is -0.136. The summed E-state index contributed by atoms with van der Waals surface area (Å²) in [5.74, 6) is -0.0444. The monoisotopic (exact) mass is 878 g/mol. The average Bonchev–Trinajstić information content (AvgIpc) is 3.82. The third kappa shape index (κ3) is 9.78. The van der Waals surface area contributed by atoms with Gasteiger partial charge in [-0.25, -0.2) is 9.78 Å². The summed E-state index contributed by atoms with van der Waals surface area (Å²) in [6, 6.07) is 5.28. The largest absolute Gasteiger partial charge is 0.462 e. The van der Waals surface area contributed by atoms with Crippen LogP contribution in [-0.4, -0.2) is 159 Å². The number of esters is 1. The zero-order valence-electron chi connectivity index (χ0n) is 37.2. The molecule has 1 saturated carbocycles. The summed E-state index contributed by atoms with van der Waals surface area (Å²) in [5, 5.41) is 13.2. The molecule has 5 aliphatic heterocycles. The quantitative estimate of drug-likeness (QED) is 0.167. The zero-order valence-corrected chi connectivity index (χ0v) is 37.2. The van der Waals surface area contributed by atoms with Gasteiger partial charge in [0.25, 0.3) is 11.8 Å². The van der Waals surface area contributed by atoms with E-state index in [2.05, 4.69) is 50.6 Å². The minimum absolute atomic E-state index is 0.107. The number of piperidine rings is 3. The molecule has 1 unspecified atom stereocenters. The van der Waals surface area contributed by atoms with Crippen molar-refractivity contribution < 1.29 is 28.7 Å². The van der Waals surface area contributed by atoms with Crippen LogP contribution in [0.3, 0.4) is 0 Å². The third-order valence-corrected chi connectivity index (χ3v) is 14.3. The molecule has 64 heavy (non-hydrogen) atoms. The number of amides is 4. The van der Waals surface area contributed by atoms with E-state index in [4.69, 9.17) is 4.74 Å². The van der Waals surface area contributed by atoms with Crippen LogP contribution >= 0.6 is 0 Å². The number of likely N-dealkylation sites (tertiary alicyclic amines) is 1. The SMILES string of the molecule is CCOC(=O)c1cnc(Nc2cnn(C)c2)nc1NC1CCC(N2CCN(CC3CCN(CC4CCN(c5ccc6c(c5)C(=O)N(C5CCC(=O)NC5=O)C6=O)CC4)CC3)CC2)CC1. The number of carbonyl (C=O) groups excluding carboxylic acids is 5. The maximum atomic E-state index is 13.4. The highest BCUT2D eigenvalue weighted by Crippen LogP contribution is 2.33. The lowest BCUT2D eigenvalue weighted by atomic mass is 9.89. The topological polar surface area (TPSA) is 190 Å². The number of carbonyl (C=O) groups is 5. The molecule has 0 bridgehead atoms. The van der Waals surface area contributed by atoms with Gasteiger partial charge in [-0.15, -0.1) is 0 Å². The fourth-order valence-corrected chi connectivity index (χ4v) is 10.7. The summed E-state index contributed by atoms with van der Waals surface area (Å²) < 4.78 is 7.02. The Balaban J connectivity index is 0.673. The van der Waals surface area contributed by atoms with Gasteiger partial charge in [0, 0.05) is 96.0 Å². The number of hydrogen-bond donors (Lipinski definition) is 3. The third-order valence-electron chi connectivity index (χ3n) is 14.3. The standard InChI is InChI=1S/C46H62N12O6/c1-3-64-45(63)38-26-47-46(50-33-25-48-53(2)29-33)52-41(38)49-32-4-6-34(7-5-32)57-22-20-55(21-23-57)28-30-12-16-54(17-13-30)27-31-14-18-56(19-15-31)35-8-9-36-37(24-35)44(62)58(43(36)61)39-10-11-40(59)51-42(39)60/h8-9,24-26,29-32,34,39H,3-7,10-23,27-28H2,1-2H3,(H,51,59,60)(H2,47,49,50,52). The minimum atomic E-state index is -0.954. The van der Waals surface area contributed by atoms with E-state index in [0.717, 1.165) is 120 Å². The predicted molar refractivity (Wildman–Crippen MR) is 239 cm³/mol. The number of fused-ring (bicyclic) bond motifs is 1. The number of nitrogens with one attached hydrogen (secondary N) is 3. The summed E-state index contributed by atoms with van der Waals surface area (Å²) in [5.41, 5.74) is 2.71. The van der Waals surface area contributed by atoms with Gasteiger partial charge >= 0.3 is 5.97 Å². The summed E-state index contributed by atoms with van der Waals surface area (Å²) in [6.45, 7) is 13.0. The van der Waals surface area contributed by atoms with Gasteiger partial charge in [-0.2, -0.15) is 10.1 Å². The number of ether oxygens (including phenoxy) is 1. The van der Waals surface area contributed by atoms with E-state index >= 15 is 0 Å². The molecule has 4 saturated heterocycles. The molecular weight excluding hydrogens is 817 g/mol. The van der Waals surface area contributed by atoms with Crippen LogP contribution in [0.4, 0.5) is 23.1 Å². The Kier molecular flexibility index (Phi) is 13.2. The van der Waals surface area contributed by atoms with Gasteiger partial charge in [-0.3, -0.25) is 39.0 Å². The number of rotatable bonds is 13. The van der Waals surface area contributed by atoms with Gasteiger partial charge in [0.15, 0.2) is 0 Å². The molecule has 18 nitrogen and oxygen atoms in total. The lowest BCUT2D eigenvalue weighted by Crippen LogP contribution is -2.54. The normalized spacial score (nSPS) is 24.5. The Bertz CT molecular complexity index is 2200. The first-order valence-corrected chi connectivity index (χ1v) is 23.4. The van der Waals surface area contributed by atoms with Crippen LogP contribution in [0.1, 0.15) is 102 Å². The van der Waals surface area contributed by atoms with E-state index < -0.39 is 29.7 Å². The smallest absolute Gasteiger partial charge is 0.343 e. The minimum Gasteiger partial charge on any atom is -0.462 e. The molecule has 0 radical (unpaired) electrons. The molecule has 18 heteroatoms. The van der Waals surface area contributed by atoms with Crippen molar-refractivity contribution >= 4 is 52.7 Å². The van der Waals surface area contributed by atoms with Gasteiger partial charge < -0.3 is 30.1 Å². The number of anilines is 4. The fraction of sp³-hybridized carbons (Fsp3) is 0.609. The molecule has 4 amide bonds. The van der Waals surface area contributed by atoms with E-state index in [1.54, 1.807) is 23.9 Å². The van der Waals surface area contributed by atoms with Gasteiger partial charge in [0.1, 0.15) is 17.4 Å². The highest BCUT2D eigenvalue weighted by atomic mass is 16.5. The second-order valence-electron chi connectivity index (χ2n) is 18.5. The molecule has 2 aromatic heterocycles. The number of aryl methyl sites for hydroxylation is 1.